The molecule has 0 aromatic carbocycles. The van der Waals surface area contributed by atoms with Crippen LogP contribution in [-0.2, 0) is 19.1 Å². The number of ether oxygens (including phenoxy) is 2. The Labute approximate surface area is 233 Å². The molecule has 1 aliphatic rings. The number of carbonyl (C=O) groups excluding carboxylic acids is 2. The van der Waals surface area contributed by atoms with E-state index < -0.39 is 12.2 Å². The van der Waals surface area contributed by atoms with E-state index in [1.165, 1.54) is 25.7 Å². The van der Waals surface area contributed by atoms with Gasteiger partial charge in [0, 0.05) is 12.8 Å². The van der Waals surface area contributed by atoms with Gasteiger partial charge in [0.2, 0.25) is 0 Å². The van der Waals surface area contributed by atoms with Crippen molar-refractivity contribution in [3.8, 4) is 0 Å². The number of unbranched alkanes of at least 4 members (excludes halogenated alkanes) is 6. The van der Waals surface area contributed by atoms with E-state index in [0.717, 1.165) is 51.4 Å². The molecule has 0 aliphatic heterocycles. The summed E-state index contributed by atoms with van der Waals surface area (Å²) in [6, 6.07) is 0. The van der Waals surface area contributed by atoms with Crippen LogP contribution in [0.2, 0.25) is 0 Å². The van der Waals surface area contributed by atoms with Crippen molar-refractivity contribution in [3.63, 3.8) is 0 Å². The molecule has 0 amide bonds. The van der Waals surface area contributed by atoms with Gasteiger partial charge in [-0.1, -0.05) is 80.1 Å². The number of esters is 2. The molecular formula is C32H60O6. The second kappa shape index (κ2) is 18.3. The zero-order valence-corrected chi connectivity index (χ0v) is 25.6. The predicted molar refractivity (Wildman–Crippen MR) is 154 cm³/mol. The molecule has 1 saturated carbocycles. The van der Waals surface area contributed by atoms with Crippen molar-refractivity contribution in [2.75, 3.05) is 13.2 Å². The quantitative estimate of drug-likeness (QED) is 0.124. The summed E-state index contributed by atoms with van der Waals surface area (Å²) in [6.45, 7) is 13.9. The molecule has 224 valence electrons. The van der Waals surface area contributed by atoms with E-state index >= 15 is 0 Å². The fourth-order valence-corrected chi connectivity index (χ4v) is 6.16. The van der Waals surface area contributed by atoms with Crippen LogP contribution in [-0.4, -0.2) is 47.6 Å². The van der Waals surface area contributed by atoms with Gasteiger partial charge in [-0.3, -0.25) is 9.59 Å². The number of rotatable bonds is 20. The van der Waals surface area contributed by atoms with Crippen LogP contribution in [0.4, 0.5) is 0 Å². The summed E-state index contributed by atoms with van der Waals surface area (Å²) in [5.74, 6) is -0.304. The lowest BCUT2D eigenvalue weighted by Crippen LogP contribution is -2.49. The first kappa shape index (κ1) is 34.9. The molecule has 4 unspecified atom stereocenters. The van der Waals surface area contributed by atoms with Crippen LogP contribution >= 0.6 is 0 Å². The van der Waals surface area contributed by atoms with Gasteiger partial charge in [-0.25, -0.2) is 0 Å². The van der Waals surface area contributed by atoms with Crippen molar-refractivity contribution in [1.82, 2.24) is 0 Å². The first-order valence-electron chi connectivity index (χ1n) is 15.6. The first-order chi connectivity index (χ1) is 17.9. The van der Waals surface area contributed by atoms with Crippen molar-refractivity contribution in [2.45, 2.75) is 156 Å². The fourth-order valence-electron chi connectivity index (χ4n) is 6.16. The third kappa shape index (κ3) is 13.3. The fraction of sp³-hybridized carbons (Fsp3) is 0.938. The van der Waals surface area contributed by atoms with Crippen LogP contribution in [0.25, 0.3) is 0 Å². The maximum atomic E-state index is 12.1. The maximum absolute atomic E-state index is 12.1. The Hall–Kier alpha value is -1.14. The average molecular weight is 541 g/mol. The Morgan fingerprint density at radius 2 is 1.00 bits per heavy atom. The highest BCUT2D eigenvalue weighted by Crippen LogP contribution is 2.49. The van der Waals surface area contributed by atoms with E-state index in [1.807, 2.05) is 0 Å². The Morgan fingerprint density at radius 1 is 0.632 bits per heavy atom. The molecule has 0 aromatic heterocycles. The molecule has 0 radical (unpaired) electrons. The van der Waals surface area contributed by atoms with E-state index in [0.29, 0.717) is 38.9 Å². The third-order valence-electron chi connectivity index (χ3n) is 8.85. The standard InChI is InChI=1S/C32H60O6/c1-7-9-11-13-21-37-29(35)17-15-19-31(3,4)25-23-28(34)26(24-27(25)33)32(5,6)20-16-18-30(36)38-22-14-12-10-8-2/h25-28,33-34H,7-24H2,1-6H3. The van der Waals surface area contributed by atoms with Crippen molar-refractivity contribution < 1.29 is 29.3 Å². The van der Waals surface area contributed by atoms with Gasteiger partial charge in [-0.2, -0.15) is 0 Å². The molecular weight excluding hydrogens is 480 g/mol. The normalized spacial score (nSPS) is 22.3. The summed E-state index contributed by atoms with van der Waals surface area (Å²) in [4.78, 5) is 24.2. The van der Waals surface area contributed by atoms with Gasteiger partial charge >= 0.3 is 11.9 Å². The minimum absolute atomic E-state index is 0.0164. The van der Waals surface area contributed by atoms with E-state index in [4.69, 9.17) is 9.47 Å². The van der Waals surface area contributed by atoms with Gasteiger partial charge in [0.05, 0.1) is 25.4 Å². The molecule has 6 heteroatoms. The zero-order valence-electron chi connectivity index (χ0n) is 25.6. The summed E-state index contributed by atoms with van der Waals surface area (Å²) >= 11 is 0. The Morgan fingerprint density at radius 3 is 1.34 bits per heavy atom. The van der Waals surface area contributed by atoms with E-state index in [9.17, 15) is 19.8 Å². The van der Waals surface area contributed by atoms with Crippen LogP contribution < -0.4 is 0 Å². The number of aliphatic hydroxyl groups is 2. The van der Waals surface area contributed by atoms with Crippen LogP contribution in [0.15, 0.2) is 0 Å². The molecule has 2 N–H and O–H groups in total. The van der Waals surface area contributed by atoms with E-state index in [2.05, 4.69) is 41.5 Å². The highest BCUT2D eigenvalue weighted by molar-refractivity contribution is 5.69. The molecule has 6 nitrogen and oxygen atoms in total. The summed E-state index contributed by atoms with van der Waals surface area (Å²) < 4.78 is 10.7. The minimum atomic E-state index is -0.490. The molecule has 0 heterocycles. The van der Waals surface area contributed by atoms with Gasteiger partial charge < -0.3 is 19.7 Å². The maximum Gasteiger partial charge on any atom is 0.305 e. The Balaban J connectivity index is 2.44. The largest absolute Gasteiger partial charge is 0.466 e. The molecule has 1 rings (SSSR count). The summed E-state index contributed by atoms with van der Waals surface area (Å²) in [5, 5.41) is 22.3. The second-order valence-corrected chi connectivity index (χ2v) is 13.1. The Bertz CT molecular complexity index is 602. The van der Waals surface area contributed by atoms with Crippen molar-refractivity contribution in [1.29, 1.82) is 0 Å². The SMILES string of the molecule is CCCCCCOC(=O)CCCC(C)(C)C1CC(O)C(C(C)(C)CCCC(=O)OCCCCCC)CC1O. The van der Waals surface area contributed by atoms with Crippen molar-refractivity contribution >= 4 is 11.9 Å². The first-order valence-corrected chi connectivity index (χ1v) is 15.6. The van der Waals surface area contributed by atoms with E-state index in [-0.39, 0.29) is 34.6 Å². The number of aliphatic hydroxyl groups excluding tert-OH is 2. The van der Waals surface area contributed by atoms with Gasteiger partial charge in [-0.05, 0) is 74.0 Å². The van der Waals surface area contributed by atoms with Crippen LogP contribution in [0, 0.1) is 22.7 Å². The highest BCUT2D eigenvalue weighted by Gasteiger charge is 2.46. The Kier molecular flexibility index (Phi) is 16.8. The van der Waals surface area contributed by atoms with Gasteiger partial charge in [0.1, 0.15) is 0 Å². The number of hydrogen-bond donors (Lipinski definition) is 2. The number of carbonyl (C=O) groups is 2. The van der Waals surface area contributed by atoms with Crippen molar-refractivity contribution in [3.05, 3.63) is 0 Å². The van der Waals surface area contributed by atoms with Crippen LogP contribution in [0.5, 0.6) is 0 Å². The second-order valence-electron chi connectivity index (χ2n) is 13.1. The molecule has 0 aromatic rings. The molecule has 0 saturated heterocycles. The van der Waals surface area contributed by atoms with Crippen LogP contribution in [0.3, 0.4) is 0 Å². The van der Waals surface area contributed by atoms with Gasteiger partial charge in [0.15, 0.2) is 0 Å². The molecule has 4 atom stereocenters. The molecule has 0 spiro atoms. The van der Waals surface area contributed by atoms with Gasteiger partial charge in [0.25, 0.3) is 0 Å². The highest BCUT2D eigenvalue weighted by atomic mass is 16.5. The minimum Gasteiger partial charge on any atom is -0.466 e. The van der Waals surface area contributed by atoms with E-state index in [1.54, 1.807) is 0 Å². The third-order valence-corrected chi connectivity index (χ3v) is 8.85. The lowest BCUT2D eigenvalue weighted by atomic mass is 9.59. The average Bonchev–Trinajstić information content (AvgIpc) is 2.84. The lowest BCUT2D eigenvalue weighted by Gasteiger charge is -2.49. The monoisotopic (exact) mass is 540 g/mol. The summed E-state index contributed by atoms with van der Waals surface area (Å²) in [5.41, 5.74) is -0.365. The summed E-state index contributed by atoms with van der Waals surface area (Å²) in [6.07, 6.45) is 12.7. The molecule has 0 bridgehead atoms. The molecule has 1 aliphatic carbocycles. The van der Waals surface area contributed by atoms with Crippen molar-refractivity contribution in [2.24, 2.45) is 22.7 Å². The smallest absolute Gasteiger partial charge is 0.305 e. The van der Waals surface area contributed by atoms with Gasteiger partial charge in [-0.15, -0.1) is 0 Å². The topological polar surface area (TPSA) is 93.1 Å². The molecule has 38 heavy (non-hydrogen) atoms. The zero-order chi connectivity index (χ0) is 28.6. The summed E-state index contributed by atoms with van der Waals surface area (Å²) in [7, 11) is 0. The number of hydrogen-bond acceptors (Lipinski definition) is 6. The molecule has 1 fully saturated rings. The lowest BCUT2D eigenvalue weighted by molar-refractivity contribution is -0.145. The predicted octanol–water partition coefficient (Wildman–Crippen LogP) is 7.37. The van der Waals surface area contributed by atoms with Crippen LogP contribution in [0.1, 0.15) is 144 Å².